The Labute approximate surface area is 173 Å². The van der Waals surface area contributed by atoms with E-state index < -0.39 is 10.0 Å². The lowest BCUT2D eigenvalue weighted by Gasteiger charge is -2.22. The number of sulfonamides is 1. The number of carbonyl (C=O) groups excluding carboxylic acids is 1. The van der Waals surface area contributed by atoms with Gasteiger partial charge in [-0.05, 0) is 55.3 Å². The van der Waals surface area contributed by atoms with Crippen molar-refractivity contribution in [3.63, 3.8) is 0 Å². The van der Waals surface area contributed by atoms with Crippen molar-refractivity contribution in [3.8, 4) is 5.75 Å². The van der Waals surface area contributed by atoms with Crippen molar-refractivity contribution in [2.45, 2.75) is 43.0 Å². The SMILES string of the molecule is O=C(COc1ccc(S(=O)(=O)NC2CCCCC2)cc1)Nc1cccc(Br)c1. The first kappa shape index (κ1) is 20.8. The summed E-state index contributed by atoms with van der Waals surface area (Å²) in [5.74, 6) is 0.134. The third-order valence-electron chi connectivity index (χ3n) is 4.54. The highest BCUT2D eigenvalue weighted by Gasteiger charge is 2.21. The molecule has 0 spiro atoms. The van der Waals surface area contributed by atoms with Crippen LogP contribution < -0.4 is 14.8 Å². The Kier molecular flexibility index (Phi) is 7.09. The molecular weight excluding hydrogens is 444 g/mol. The lowest BCUT2D eigenvalue weighted by atomic mass is 9.96. The minimum absolute atomic E-state index is 0.0106. The molecule has 2 aromatic rings. The predicted octanol–water partition coefficient (Wildman–Crippen LogP) is 4.08. The maximum absolute atomic E-state index is 12.5. The van der Waals surface area contributed by atoms with Gasteiger partial charge in [-0.3, -0.25) is 4.79 Å². The number of benzene rings is 2. The fourth-order valence-corrected chi connectivity index (χ4v) is 4.84. The smallest absolute Gasteiger partial charge is 0.262 e. The van der Waals surface area contributed by atoms with Crippen LogP contribution in [0.4, 0.5) is 5.69 Å². The molecule has 1 amide bonds. The number of ether oxygens (including phenoxy) is 1. The topological polar surface area (TPSA) is 84.5 Å². The Morgan fingerprint density at radius 3 is 2.46 bits per heavy atom. The van der Waals surface area contributed by atoms with Crippen LogP contribution in [0.25, 0.3) is 0 Å². The number of carbonyl (C=O) groups is 1. The van der Waals surface area contributed by atoms with E-state index in [0.717, 1.165) is 30.2 Å². The van der Waals surface area contributed by atoms with Gasteiger partial charge in [0.05, 0.1) is 4.90 Å². The summed E-state index contributed by atoms with van der Waals surface area (Å²) < 4.78 is 34.1. The summed E-state index contributed by atoms with van der Waals surface area (Å²) in [4.78, 5) is 12.2. The molecule has 1 saturated carbocycles. The zero-order valence-corrected chi connectivity index (χ0v) is 17.8. The standard InChI is InChI=1S/C20H23BrN2O4S/c21-15-5-4-8-17(13-15)22-20(24)14-27-18-9-11-19(12-10-18)28(25,26)23-16-6-2-1-3-7-16/h4-5,8-13,16,23H,1-3,6-7,14H2,(H,22,24). The summed E-state index contributed by atoms with van der Waals surface area (Å²) >= 11 is 3.34. The van der Waals surface area contributed by atoms with Crippen molar-refractivity contribution in [3.05, 3.63) is 53.0 Å². The Hall–Kier alpha value is -1.90. The lowest BCUT2D eigenvalue weighted by Crippen LogP contribution is -2.36. The van der Waals surface area contributed by atoms with E-state index in [1.165, 1.54) is 18.6 Å². The molecule has 28 heavy (non-hydrogen) atoms. The number of amides is 1. The zero-order valence-electron chi connectivity index (χ0n) is 15.4. The van der Waals surface area contributed by atoms with Crippen LogP contribution in [0.1, 0.15) is 32.1 Å². The molecule has 0 radical (unpaired) electrons. The maximum atomic E-state index is 12.5. The molecule has 1 fully saturated rings. The summed E-state index contributed by atoms with van der Waals surface area (Å²) in [6.07, 6.45) is 5.05. The molecule has 150 valence electrons. The summed E-state index contributed by atoms with van der Waals surface area (Å²) in [7, 11) is -3.54. The van der Waals surface area contributed by atoms with E-state index in [0.29, 0.717) is 11.4 Å². The van der Waals surface area contributed by atoms with E-state index in [1.54, 1.807) is 24.3 Å². The molecule has 0 aromatic heterocycles. The van der Waals surface area contributed by atoms with Crippen LogP contribution in [0, 0.1) is 0 Å². The van der Waals surface area contributed by atoms with Crippen molar-refractivity contribution < 1.29 is 17.9 Å². The summed E-state index contributed by atoms with van der Waals surface area (Å²) in [5, 5.41) is 2.73. The summed E-state index contributed by atoms with van der Waals surface area (Å²) in [5.41, 5.74) is 0.665. The minimum Gasteiger partial charge on any atom is -0.484 e. The van der Waals surface area contributed by atoms with E-state index in [1.807, 2.05) is 12.1 Å². The minimum atomic E-state index is -3.54. The molecule has 0 heterocycles. The Bertz CT molecular complexity index is 910. The molecule has 2 aromatic carbocycles. The van der Waals surface area contributed by atoms with Crippen LogP contribution >= 0.6 is 15.9 Å². The maximum Gasteiger partial charge on any atom is 0.262 e. The Morgan fingerprint density at radius 2 is 1.79 bits per heavy atom. The lowest BCUT2D eigenvalue weighted by molar-refractivity contribution is -0.118. The van der Waals surface area contributed by atoms with E-state index >= 15 is 0 Å². The highest BCUT2D eigenvalue weighted by Crippen LogP contribution is 2.21. The second-order valence-corrected chi connectivity index (χ2v) is 9.40. The van der Waals surface area contributed by atoms with Gasteiger partial charge in [0.25, 0.3) is 5.91 Å². The van der Waals surface area contributed by atoms with Gasteiger partial charge >= 0.3 is 0 Å². The van der Waals surface area contributed by atoms with E-state index in [2.05, 4.69) is 26.0 Å². The number of halogens is 1. The zero-order chi connectivity index (χ0) is 20.0. The highest BCUT2D eigenvalue weighted by atomic mass is 79.9. The molecule has 0 bridgehead atoms. The third kappa shape index (κ3) is 6.05. The largest absolute Gasteiger partial charge is 0.484 e. The molecule has 6 nitrogen and oxygen atoms in total. The van der Waals surface area contributed by atoms with Gasteiger partial charge in [0.15, 0.2) is 6.61 Å². The fourth-order valence-electron chi connectivity index (χ4n) is 3.14. The number of nitrogens with one attached hydrogen (secondary N) is 2. The summed E-state index contributed by atoms with van der Waals surface area (Å²) in [6, 6.07) is 13.4. The van der Waals surface area contributed by atoms with E-state index in [-0.39, 0.29) is 23.5 Å². The molecule has 8 heteroatoms. The molecule has 2 N–H and O–H groups in total. The van der Waals surface area contributed by atoms with Crippen LogP contribution in [-0.4, -0.2) is 27.0 Å². The van der Waals surface area contributed by atoms with Crippen LogP contribution in [-0.2, 0) is 14.8 Å². The third-order valence-corrected chi connectivity index (χ3v) is 6.57. The first-order chi connectivity index (χ1) is 13.4. The molecule has 0 unspecified atom stereocenters. The molecule has 0 saturated heterocycles. The van der Waals surface area contributed by atoms with Crippen LogP contribution in [0.2, 0.25) is 0 Å². The van der Waals surface area contributed by atoms with Gasteiger partial charge in [0.2, 0.25) is 10.0 Å². The van der Waals surface area contributed by atoms with Crippen molar-refractivity contribution in [2.75, 3.05) is 11.9 Å². The van der Waals surface area contributed by atoms with Gasteiger partial charge in [-0.25, -0.2) is 13.1 Å². The van der Waals surface area contributed by atoms with Crippen LogP contribution in [0.15, 0.2) is 57.9 Å². The van der Waals surface area contributed by atoms with Crippen LogP contribution in [0.3, 0.4) is 0 Å². The number of hydrogen-bond donors (Lipinski definition) is 2. The number of hydrogen-bond acceptors (Lipinski definition) is 4. The second-order valence-electron chi connectivity index (χ2n) is 6.77. The number of anilines is 1. The van der Waals surface area contributed by atoms with Gasteiger partial charge in [0.1, 0.15) is 5.75 Å². The first-order valence-corrected chi connectivity index (χ1v) is 11.5. The molecule has 0 aliphatic heterocycles. The molecule has 0 atom stereocenters. The quantitative estimate of drug-likeness (QED) is 0.643. The van der Waals surface area contributed by atoms with Gasteiger partial charge < -0.3 is 10.1 Å². The van der Waals surface area contributed by atoms with E-state index in [4.69, 9.17) is 4.74 Å². The molecular formula is C20H23BrN2O4S. The van der Waals surface area contributed by atoms with E-state index in [9.17, 15) is 13.2 Å². The second kappa shape index (κ2) is 9.54. The first-order valence-electron chi connectivity index (χ1n) is 9.23. The van der Waals surface area contributed by atoms with Crippen molar-refractivity contribution >= 4 is 37.5 Å². The van der Waals surface area contributed by atoms with Gasteiger partial charge in [-0.15, -0.1) is 0 Å². The highest BCUT2D eigenvalue weighted by molar-refractivity contribution is 9.10. The predicted molar refractivity (Wildman–Crippen MR) is 112 cm³/mol. The average molecular weight is 467 g/mol. The molecule has 1 aliphatic rings. The van der Waals surface area contributed by atoms with Gasteiger partial charge in [0, 0.05) is 16.2 Å². The average Bonchev–Trinajstić information content (AvgIpc) is 2.67. The summed E-state index contributed by atoms with van der Waals surface area (Å²) in [6.45, 7) is -0.168. The normalized spacial score (nSPS) is 15.2. The Balaban J connectivity index is 1.53. The monoisotopic (exact) mass is 466 g/mol. The van der Waals surface area contributed by atoms with Crippen molar-refractivity contribution in [1.82, 2.24) is 4.72 Å². The van der Waals surface area contributed by atoms with Crippen molar-refractivity contribution in [1.29, 1.82) is 0 Å². The Morgan fingerprint density at radius 1 is 1.07 bits per heavy atom. The number of rotatable bonds is 7. The fraction of sp³-hybridized carbons (Fsp3) is 0.350. The molecule has 1 aliphatic carbocycles. The van der Waals surface area contributed by atoms with Crippen LogP contribution in [0.5, 0.6) is 5.75 Å². The molecule has 3 rings (SSSR count). The van der Waals surface area contributed by atoms with Gasteiger partial charge in [-0.1, -0.05) is 41.3 Å². The van der Waals surface area contributed by atoms with Gasteiger partial charge in [-0.2, -0.15) is 0 Å². The van der Waals surface area contributed by atoms with Crippen molar-refractivity contribution in [2.24, 2.45) is 0 Å².